The van der Waals surface area contributed by atoms with Crippen molar-refractivity contribution < 1.29 is 4.74 Å². The maximum Gasteiger partial charge on any atom is 0.0721 e. The summed E-state index contributed by atoms with van der Waals surface area (Å²) in [6.45, 7) is 5.26. The Balaban J connectivity index is 3.92. The van der Waals surface area contributed by atoms with E-state index in [-0.39, 0.29) is 0 Å². The van der Waals surface area contributed by atoms with Crippen LogP contribution in [0, 0.1) is 12.3 Å². The molecule has 82 valence electrons. The van der Waals surface area contributed by atoms with Gasteiger partial charge in [-0.2, -0.15) is 0 Å². The lowest BCUT2D eigenvalue weighted by molar-refractivity contribution is 0.0625. The van der Waals surface area contributed by atoms with E-state index in [1.165, 1.54) is 0 Å². The normalized spacial score (nSPS) is 14.7. The van der Waals surface area contributed by atoms with E-state index < -0.39 is 0 Å². The molecule has 0 aliphatic heterocycles. The summed E-state index contributed by atoms with van der Waals surface area (Å²) in [6, 6.07) is 0.448. The van der Waals surface area contributed by atoms with Gasteiger partial charge in [0.2, 0.25) is 0 Å². The first-order chi connectivity index (χ1) is 6.79. The molecule has 0 aliphatic carbocycles. The predicted molar refractivity (Wildman–Crippen MR) is 61.2 cm³/mol. The van der Waals surface area contributed by atoms with Crippen molar-refractivity contribution in [2.24, 2.45) is 0 Å². The molecule has 2 heteroatoms. The molecule has 0 spiro atoms. The van der Waals surface area contributed by atoms with Crippen molar-refractivity contribution >= 4 is 0 Å². The zero-order valence-corrected chi connectivity index (χ0v) is 9.68. The van der Waals surface area contributed by atoms with Crippen molar-refractivity contribution in [3.63, 3.8) is 0 Å². The number of nitrogens with one attached hydrogen (secondary N) is 1. The van der Waals surface area contributed by atoms with Gasteiger partial charge in [-0.1, -0.05) is 13.8 Å². The molecule has 0 amide bonds. The van der Waals surface area contributed by atoms with Crippen LogP contribution < -0.4 is 5.32 Å². The molecule has 0 fully saturated rings. The van der Waals surface area contributed by atoms with Crippen molar-refractivity contribution in [3.05, 3.63) is 0 Å². The molecule has 14 heavy (non-hydrogen) atoms. The van der Waals surface area contributed by atoms with E-state index in [4.69, 9.17) is 11.2 Å². The van der Waals surface area contributed by atoms with Crippen molar-refractivity contribution in [2.75, 3.05) is 13.7 Å². The zero-order valence-electron chi connectivity index (χ0n) is 9.68. The second-order valence-corrected chi connectivity index (χ2v) is 3.44. The van der Waals surface area contributed by atoms with Gasteiger partial charge in [0.15, 0.2) is 0 Å². The van der Waals surface area contributed by atoms with Gasteiger partial charge in [-0.05, 0) is 25.8 Å². The molecule has 0 saturated heterocycles. The number of likely N-dealkylation sites (N-methyl/N-ethyl adjacent to an activating group) is 1. The van der Waals surface area contributed by atoms with Crippen LogP contribution in [0.25, 0.3) is 0 Å². The van der Waals surface area contributed by atoms with Gasteiger partial charge in [0.1, 0.15) is 0 Å². The molecule has 0 aliphatic rings. The highest BCUT2D eigenvalue weighted by atomic mass is 16.5. The minimum absolute atomic E-state index is 0.313. The molecule has 2 atom stereocenters. The van der Waals surface area contributed by atoms with E-state index in [2.05, 4.69) is 25.1 Å². The van der Waals surface area contributed by atoms with Gasteiger partial charge in [0, 0.05) is 19.6 Å². The summed E-state index contributed by atoms with van der Waals surface area (Å²) in [5.74, 6) is 2.67. The summed E-state index contributed by atoms with van der Waals surface area (Å²) in [7, 11) is 1.78. The Morgan fingerprint density at radius 3 is 2.57 bits per heavy atom. The van der Waals surface area contributed by atoms with Crippen LogP contribution in [0.1, 0.15) is 39.5 Å². The summed E-state index contributed by atoms with van der Waals surface area (Å²) in [5.41, 5.74) is 0. The maximum absolute atomic E-state index is 5.43. The lowest BCUT2D eigenvalue weighted by Gasteiger charge is -2.25. The van der Waals surface area contributed by atoms with Gasteiger partial charge < -0.3 is 10.1 Å². The van der Waals surface area contributed by atoms with Crippen molar-refractivity contribution in [3.8, 4) is 12.3 Å². The van der Waals surface area contributed by atoms with Crippen molar-refractivity contribution in [1.29, 1.82) is 0 Å². The average molecular weight is 197 g/mol. The Kier molecular flexibility index (Phi) is 8.72. The molecular formula is C12H23NO. The van der Waals surface area contributed by atoms with Gasteiger partial charge >= 0.3 is 0 Å². The van der Waals surface area contributed by atoms with Crippen LogP contribution in [0.5, 0.6) is 0 Å². The fourth-order valence-corrected chi connectivity index (χ4v) is 1.72. The fraction of sp³-hybridized carbons (Fsp3) is 0.833. The third-order valence-corrected chi connectivity index (χ3v) is 2.46. The summed E-state index contributed by atoms with van der Waals surface area (Å²) in [5, 5.41) is 3.45. The number of hydrogen-bond donors (Lipinski definition) is 1. The van der Waals surface area contributed by atoms with Crippen LogP contribution in [-0.4, -0.2) is 25.8 Å². The van der Waals surface area contributed by atoms with E-state index in [0.29, 0.717) is 12.1 Å². The lowest BCUT2D eigenvalue weighted by Crippen LogP contribution is -2.40. The van der Waals surface area contributed by atoms with E-state index >= 15 is 0 Å². The minimum Gasteiger partial charge on any atom is -0.380 e. The standard InChI is InChI=1S/C12H23NO/c1-5-8-9-10-11(13-7-3)12(6-2)14-4/h1,11-13H,6-10H2,2-4H3. The van der Waals surface area contributed by atoms with Crippen molar-refractivity contribution in [1.82, 2.24) is 5.32 Å². The number of methoxy groups -OCH3 is 1. The van der Waals surface area contributed by atoms with Gasteiger partial charge in [0.25, 0.3) is 0 Å². The summed E-state index contributed by atoms with van der Waals surface area (Å²) in [4.78, 5) is 0. The molecule has 1 N–H and O–H groups in total. The monoisotopic (exact) mass is 197 g/mol. The number of unbranched alkanes of at least 4 members (excludes halogenated alkanes) is 1. The highest BCUT2D eigenvalue weighted by molar-refractivity contribution is 4.85. The number of terminal acetylenes is 1. The van der Waals surface area contributed by atoms with Crippen LogP contribution in [-0.2, 0) is 4.74 Å². The van der Waals surface area contributed by atoms with Crippen LogP contribution in [0.3, 0.4) is 0 Å². The third-order valence-electron chi connectivity index (χ3n) is 2.46. The zero-order chi connectivity index (χ0) is 10.8. The number of ether oxygens (including phenoxy) is 1. The fourth-order valence-electron chi connectivity index (χ4n) is 1.72. The van der Waals surface area contributed by atoms with E-state index in [1.807, 2.05) is 0 Å². The van der Waals surface area contributed by atoms with Gasteiger partial charge in [-0.3, -0.25) is 0 Å². The smallest absolute Gasteiger partial charge is 0.0721 e. The molecule has 0 aromatic heterocycles. The Morgan fingerprint density at radius 1 is 1.43 bits per heavy atom. The first-order valence-corrected chi connectivity index (χ1v) is 5.49. The van der Waals surface area contributed by atoms with Gasteiger partial charge in [-0.15, -0.1) is 12.3 Å². The largest absolute Gasteiger partial charge is 0.380 e. The number of rotatable bonds is 8. The Bertz CT molecular complexity index is 158. The van der Waals surface area contributed by atoms with Crippen LogP contribution in [0.4, 0.5) is 0 Å². The van der Waals surface area contributed by atoms with Crippen molar-refractivity contribution in [2.45, 2.75) is 51.7 Å². The quantitative estimate of drug-likeness (QED) is 0.476. The molecule has 0 aromatic rings. The molecular weight excluding hydrogens is 174 g/mol. The SMILES string of the molecule is C#CCCCC(NCC)C(CC)OC. The lowest BCUT2D eigenvalue weighted by atomic mass is 10.0. The highest BCUT2D eigenvalue weighted by Gasteiger charge is 2.17. The predicted octanol–water partition coefficient (Wildman–Crippen LogP) is 2.19. The van der Waals surface area contributed by atoms with E-state index in [1.54, 1.807) is 7.11 Å². The van der Waals surface area contributed by atoms with E-state index in [0.717, 1.165) is 32.2 Å². The molecule has 0 heterocycles. The minimum atomic E-state index is 0.313. The molecule has 0 bridgehead atoms. The molecule has 0 radical (unpaired) electrons. The second kappa shape index (κ2) is 9.05. The van der Waals surface area contributed by atoms with Gasteiger partial charge in [0.05, 0.1) is 6.10 Å². The Labute approximate surface area is 88.4 Å². The molecule has 0 aromatic carbocycles. The first kappa shape index (κ1) is 13.5. The van der Waals surface area contributed by atoms with Gasteiger partial charge in [-0.25, -0.2) is 0 Å². The van der Waals surface area contributed by atoms with Crippen LogP contribution in [0.2, 0.25) is 0 Å². The summed E-state index contributed by atoms with van der Waals surface area (Å²) in [6.07, 6.45) is 9.63. The molecule has 0 rings (SSSR count). The summed E-state index contributed by atoms with van der Waals surface area (Å²) < 4.78 is 5.43. The average Bonchev–Trinajstić information content (AvgIpc) is 2.20. The van der Waals surface area contributed by atoms with Crippen LogP contribution in [0.15, 0.2) is 0 Å². The molecule has 2 nitrogen and oxygen atoms in total. The number of hydrogen-bond acceptors (Lipinski definition) is 2. The topological polar surface area (TPSA) is 21.3 Å². The highest BCUT2D eigenvalue weighted by Crippen LogP contribution is 2.10. The Morgan fingerprint density at radius 2 is 2.14 bits per heavy atom. The molecule has 2 unspecified atom stereocenters. The van der Waals surface area contributed by atoms with Crippen LogP contribution >= 0.6 is 0 Å². The maximum atomic E-state index is 5.43. The van der Waals surface area contributed by atoms with E-state index in [9.17, 15) is 0 Å². The molecule has 0 saturated carbocycles. The Hall–Kier alpha value is -0.520. The second-order valence-electron chi connectivity index (χ2n) is 3.44. The first-order valence-electron chi connectivity index (χ1n) is 5.49. The third kappa shape index (κ3) is 5.26. The summed E-state index contributed by atoms with van der Waals surface area (Å²) >= 11 is 0.